The molecule has 1 heterocycles. The van der Waals surface area contributed by atoms with E-state index in [9.17, 15) is 0 Å². The van der Waals surface area contributed by atoms with Gasteiger partial charge in [-0.15, -0.1) is 5.73 Å². The van der Waals surface area contributed by atoms with Gasteiger partial charge in [0, 0.05) is 12.6 Å². The molecule has 0 amide bonds. The molecule has 0 atom stereocenters. The van der Waals surface area contributed by atoms with Crippen LogP contribution >= 0.6 is 0 Å². The van der Waals surface area contributed by atoms with E-state index in [0.717, 1.165) is 6.42 Å². The predicted octanol–water partition coefficient (Wildman–Crippen LogP) is 1.52. The first-order valence-electron chi connectivity index (χ1n) is 2.32. The van der Waals surface area contributed by atoms with Gasteiger partial charge in [0.05, 0.1) is 6.20 Å². The monoisotopic (exact) mass is 93.1 g/mol. The third-order valence-corrected chi connectivity index (χ3v) is 0.888. The maximum Gasteiger partial charge on any atom is 0.0682 e. The molecule has 0 aromatic heterocycles. The van der Waals surface area contributed by atoms with E-state index in [1.807, 2.05) is 13.1 Å². The fraction of sp³-hybridized carbons (Fsp3) is 0.333. The van der Waals surface area contributed by atoms with Crippen LogP contribution in [0.3, 0.4) is 0 Å². The fourth-order valence-corrected chi connectivity index (χ4v) is 0.449. The lowest BCUT2D eigenvalue weighted by Crippen LogP contribution is -1.78. The van der Waals surface area contributed by atoms with Gasteiger partial charge in [0.15, 0.2) is 0 Å². The highest BCUT2D eigenvalue weighted by atomic mass is 14.7. The lowest BCUT2D eigenvalue weighted by Gasteiger charge is -1.89. The van der Waals surface area contributed by atoms with Gasteiger partial charge < -0.3 is 0 Å². The summed E-state index contributed by atoms with van der Waals surface area (Å²) in [5, 5.41) is 0. The molecule has 0 bridgehead atoms. The van der Waals surface area contributed by atoms with E-state index in [4.69, 9.17) is 0 Å². The van der Waals surface area contributed by atoms with Crippen molar-refractivity contribution in [2.24, 2.45) is 4.99 Å². The predicted molar refractivity (Wildman–Crippen MR) is 30.4 cm³/mol. The van der Waals surface area contributed by atoms with Gasteiger partial charge in [-0.2, -0.15) is 0 Å². The molecule has 0 N–H and O–H groups in total. The van der Waals surface area contributed by atoms with Gasteiger partial charge in [0.25, 0.3) is 0 Å². The average Bonchev–Trinajstić information content (AvgIpc) is 1.69. The molecule has 0 saturated heterocycles. The van der Waals surface area contributed by atoms with E-state index in [0.29, 0.717) is 0 Å². The molecule has 0 aromatic rings. The van der Waals surface area contributed by atoms with Gasteiger partial charge >= 0.3 is 0 Å². The Balaban J connectivity index is 2.84. The van der Waals surface area contributed by atoms with Crippen LogP contribution in [0.5, 0.6) is 0 Å². The topological polar surface area (TPSA) is 12.4 Å². The third kappa shape index (κ3) is 1.02. The van der Waals surface area contributed by atoms with Gasteiger partial charge in [-0.05, 0) is 12.5 Å². The summed E-state index contributed by atoms with van der Waals surface area (Å²) >= 11 is 0. The minimum atomic E-state index is 0.969. The molecule has 1 nitrogen and oxygen atoms in total. The van der Waals surface area contributed by atoms with Crippen LogP contribution in [0.4, 0.5) is 0 Å². The number of hydrogen-bond acceptors (Lipinski definition) is 1. The maximum absolute atomic E-state index is 3.85. The lowest BCUT2D eigenvalue weighted by atomic mass is 10.2. The first-order chi connectivity index (χ1) is 3.39. The molecule has 0 fully saturated rings. The zero-order valence-electron chi connectivity index (χ0n) is 4.31. The summed E-state index contributed by atoms with van der Waals surface area (Å²) in [6, 6.07) is 0. The Morgan fingerprint density at radius 1 is 1.86 bits per heavy atom. The molecule has 36 valence electrons. The molecule has 0 aromatic carbocycles. The molecule has 0 radical (unpaired) electrons. The summed E-state index contributed by atoms with van der Waals surface area (Å²) in [5.41, 5.74) is 4.23. The van der Waals surface area contributed by atoms with Crippen molar-refractivity contribution in [3.8, 4) is 0 Å². The van der Waals surface area contributed by atoms with Gasteiger partial charge in [-0.25, -0.2) is 0 Å². The van der Waals surface area contributed by atoms with E-state index < -0.39 is 0 Å². The highest BCUT2D eigenvalue weighted by Crippen LogP contribution is 1.97. The molecule has 7 heavy (non-hydrogen) atoms. The van der Waals surface area contributed by atoms with E-state index in [-0.39, 0.29) is 0 Å². The minimum Gasteiger partial charge on any atom is -0.260 e. The summed E-state index contributed by atoms with van der Waals surface area (Å²) in [5.74, 6) is 0. The smallest absolute Gasteiger partial charge is 0.0682 e. The SMILES string of the molecule is CC1=C=CN=CC1. The van der Waals surface area contributed by atoms with E-state index in [1.165, 1.54) is 5.57 Å². The Bertz CT molecular complexity index is 148. The molecular weight excluding hydrogens is 86.1 g/mol. The average molecular weight is 93.1 g/mol. The van der Waals surface area contributed by atoms with E-state index >= 15 is 0 Å². The zero-order valence-corrected chi connectivity index (χ0v) is 4.31. The molecule has 1 heteroatoms. The first kappa shape index (κ1) is 4.35. The molecule has 1 rings (SSSR count). The van der Waals surface area contributed by atoms with Crippen LogP contribution in [0.2, 0.25) is 0 Å². The van der Waals surface area contributed by atoms with Crippen LogP contribution in [-0.2, 0) is 0 Å². The van der Waals surface area contributed by atoms with Crippen LogP contribution in [0.25, 0.3) is 0 Å². The minimum absolute atomic E-state index is 0.969. The van der Waals surface area contributed by atoms with Crippen molar-refractivity contribution >= 4 is 6.21 Å². The Morgan fingerprint density at radius 2 is 2.71 bits per heavy atom. The van der Waals surface area contributed by atoms with E-state index in [1.54, 1.807) is 6.20 Å². The van der Waals surface area contributed by atoms with Gasteiger partial charge in [0.1, 0.15) is 0 Å². The Morgan fingerprint density at radius 3 is 3.00 bits per heavy atom. The van der Waals surface area contributed by atoms with Crippen LogP contribution in [0.1, 0.15) is 13.3 Å². The van der Waals surface area contributed by atoms with Gasteiger partial charge in [-0.3, -0.25) is 4.99 Å². The number of allylic oxidation sites excluding steroid dienone is 1. The number of nitrogens with zero attached hydrogens (tertiary/aromatic N) is 1. The van der Waals surface area contributed by atoms with Crippen molar-refractivity contribution in [2.75, 3.05) is 0 Å². The second-order valence-corrected chi connectivity index (χ2v) is 1.59. The van der Waals surface area contributed by atoms with Gasteiger partial charge in [0.2, 0.25) is 0 Å². The highest BCUT2D eigenvalue weighted by molar-refractivity contribution is 5.62. The molecule has 1 aliphatic rings. The summed E-state index contributed by atoms with van der Waals surface area (Å²) in [4.78, 5) is 3.85. The fourth-order valence-electron chi connectivity index (χ4n) is 0.449. The molecular formula is C6H7N. The molecule has 0 spiro atoms. The second-order valence-electron chi connectivity index (χ2n) is 1.59. The first-order valence-corrected chi connectivity index (χ1v) is 2.32. The Labute approximate surface area is 43.1 Å². The largest absolute Gasteiger partial charge is 0.260 e. The third-order valence-electron chi connectivity index (χ3n) is 0.888. The van der Waals surface area contributed by atoms with Crippen LogP contribution < -0.4 is 0 Å². The Kier molecular flexibility index (Phi) is 1.10. The summed E-state index contributed by atoms with van der Waals surface area (Å²) in [6.07, 6.45) is 4.54. The van der Waals surface area contributed by atoms with Crippen molar-refractivity contribution in [3.05, 3.63) is 17.5 Å². The van der Waals surface area contributed by atoms with E-state index in [2.05, 4.69) is 10.7 Å². The quantitative estimate of drug-likeness (QED) is 0.402. The standard InChI is InChI=1S/C6H7N/c1-6-2-4-7-5-3-6/h4-5H,2H2,1H3. The van der Waals surface area contributed by atoms with Crippen LogP contribution in [-0.4, -0.2) is 6.21 Å². The van der Waals surface area contributed by atoms with Crippen LogP contribution in [0.15, 0.2) is 22.5 Å². The van der Waals surface area contributed by atoms with Crippen molar-refractivity contribution in [1.29, 1.82) is 0 Å². The normalized spacial score (nSPS) is 17.0. The van der Waals surface area contributed by atoms with Gasteiger partial charge in [-0.1, -0.05) is 0 Å². The number of aliphatic imine (C=N–C) groups is 1. The summed E-state index contributed by atoms with van der Waals surface area (Å²) < 4.78 is 0. The van der Waals surface area contributed by atoms with Crippen LogP contribution in [0, 0.1) is 0 Å². The highest BCUT2D eigenvalue weighted by Gasteiger charge is 1.83. The molecule has 0 unspecified atom stereocenters. The number of rotatable bonds is 0. The molecule has 0 saturated carbocycles. The second kappa shape index (κ2) is 1.76. The summed E-state index contributed by atoms with van der Waals surface area (Å²) in [7, 11) is 0. The maximum atomic E-state index is 3.85. The van der Waals surface area contributed by atoms with Crippen molar-refractivity contribution in [1.82, 2.24) is 0 Å². The van der Waals surface area contributed by atoms with Crippen molar-refractivity contribution < 1.29 is 0 Å². The number of hydrogen-bond donors (Lipinski definition) is 0. The lowest BCUT2D eigenvalue weighted by molar-refractivity contribution is 1.26. The Hall–Kier alpha value is -0.810. The zero-order chi connectivity index (χ0) is 5.11. The molecule has 1 aliphatic heterocycles. The summed E-state index contributed by atoms with van der Waals surface area (Å²) in [6.45, 7) is 2.04. The van der Waals surface area contributed by atoms with Crippen molar-refractivity contribution in [2.45, 2.75) is 13.3 Å². The molecule has 0 aliphatic carbocycles. The van der Waals surface area contributed by atoms with Crippen molar-refractivity contribution in [3.63, 3.8) is 0 Å².